The van der Waals surface area contributed by atoms with Crippen LogP contribution in [0.15, 0.2) is 33.9 Å². The first-order chi connectivity index (χ1) is 10.8. The van der Waals surface area contributed by atoms with Crippen molar-refractivity contribution in [3.8, 4) is 11.5 Å². The second-order valence-electron chi connectivity index (χ2n) is 4.66. The van der Waals surface area contributed by atoms with Crippen LogP contribution in [0, 0.1) is 0 Å². The Labute approximate surface area is 131 Å². The highest BCUT2D eigenvalue weighted by atomic mass is 32.2. The van der Waals surface area contributed by atoms with E-state index in [-0.39, 0.29) is 18.7 Å². The summed E-state index contributed by atoms with van der Waals surface area (Å²) in [6.45, 7) is 0. The molecule has 0 atom stereocenters. The van der Waals surface area contributed by atoms with Crippen molar-refractivity contribution in [2.75, 3.05) is 11.6 Å². The molecule has 2 N–H and O–H groups in total. The number of sulfone groups is 1. The molecule has 23 heavy (non-hydrogen) atoms. The topological polar surface area (TPSA) is 139 Å². The summed E-state index contributed by atoms with van der Waals surface area (Å²) >= 11 is 0. The highest BCUT2D eigenvalue weighted by Crippen LogP contribution is 2.21. The van der Waals surface area contributed by atoms with Crippen LogP contribution < -0.4 is 5.32 Å². The Bertz CT molecular complexity index is 826. The Kier molecular flexibility index (Phi) is 4.74. The number of carbonyl (C=O) groups is 2. The minimum absolute atomic E-state index is 0.0363. The first-order valence-corrected chi connectivity index (χ1v) is 8.30. The predicted molar refractivity (Wildman–Crippen MR) is 78.3 cm³/mol. The van der Waals surface area contributed by atoms with Gasteiger partial charge in [-0.3, -0.25) is 9.59 Å². The van der Waals surface area contributed by atoms with Crippen molar-refractivity contribution in [2.24, 2.45) is 0 Å². The van der Waals surface area contributed by atoms with Crippen LogP contribution in [-0.2, 0) is 19.4 Å². The van der Waals surface area contributed by atoms with Crippen molar-refractivity contribution in [3.63, 3.8) is 0 Å². The van der Waals surface area contributed by atoms with E-state index in [4.69, 9.17) is 9.52 Å². The lowest BCUT2D eigenvalue weighted by atomic mass is 10.2. The summed E-state index contributed by atoms with van der Waals surface area (Å²) in [5.74, 6) is -1.43. The number of hydrogen-bond acceptors (Lipinski definition) is 7. The van der Waals surface area contributed by atoms with Crippen LogP contribution in [0.4, 0.5) is 5.69 Å². The minimum atomic E-state index is -3.57. The molecule has 0 saturated heterocycles. The summed E-state index contributed by atoms with van der Waals surface area (Å²) < 4.78 is 27.6. The Hall–Kier alpha value is -2.75. The fraction of sp³-hybridized carbons (Fsp3) is 0.231. The summed E-state index contributed by atoms with van der Waals surface area (Å²) in [5, 5.41) is 17.7. The molecule has 0 aliphatic rings. The van der Waals surface area contributed by atoms with Gasteiger partial charge in [0.1, 0.15) is 0 Å². The SMILES string of the molecule is CS(=O)(=O)c1nnc(-c2ccc(NC(=O)CCC(=O)O)cc2)o1. The van der Waals surface area contributed by atoms with Gasteiger partial charge >= 0.3 is 11.2 Å². The van der Waals surface area contributed by atoms with E-state index in [1.807, 2.05) is 0 Å². The van der Waals surface area contributed by atoms with Crippen molar-refractivity contribution in [3.05, 3.63) is 24.3 Å². The maximum absolute atomic E-state index is 11.5. The second kappa shape index (κ2) is 6.57. The van der Waals surface area contributed by atoms with E-state index in [1.54, 1.807) is 24.3 Å². The zero-order valence-electron chi connectivity index (χ0n) is 12.0. The monoisotopic (exact) mass is 339 g/mol. The average molecular weight is 339 g/mol. The van der Waals surface area contributed by atoms with Crippen LogP contribution in [0.25, 0.3) is 11.5 Å². The molecule has 9 nitrogen and oxygen atoms in total. The number of hydrogen-bond donors (Lipinski definition) is 2. The maximum atomic E-state index is 11.5. The lowest BCUT2D eigenvalue weighted by Gasteiger charge is -2.04. The summed E-state index contributed by atoms with van der Waals surface area (Å²) in [7, 11) is -3.57. The van der Waals surface area contributed by atoms with Crippen LogP contribution in [0.1, 0.15) is 12.8 Å². The van der Waals surface area contributed by atoms with Crippen LogP contribution >= 0.6 is 0 Å². The summed E-state index contributed by atoms with van der Waals surface area (Å²) in [6.07, 6.45) is 0.582. The van der Waals surface area contributed by atoms with Gasteiger partial charge in [0.25, 0.3) is 0 Å². The Morgan fingerprint density at radius 1 is 1.17 bits per heavy atom. The molecule has 122 valence electrons. The number of nitrogens with zero attached hydrogens (tertiary/aromatic N) is 2. The van der Waals surface area contributed by atoms with Gasteiger partial charge in [-0.15, -0.1) is 5.10 Å². The molecular formula is C13H13N3O6S. The fourth-order valence-electron chi connectivity index (χ4n) is 1.62. The number of aliphatic carboxylic acids is 1. The van der Waals surface area contributed by atoms with Gasteiger partial charge in [-0.25, -0.2) is 8.42 Å². The van der Waals surface area contributed by atoms with Gasteiger partial charge < -0.3 is 14.8 Å². The average Bonchev–Trinajstić information content (AvgIpc) is 2.96. The molecule has 0 spiro atoms. The van der Waals surface area contributed by atoms with Crippen LogP contribution in [-0.4, -0.2) is 41.9 Å². The van der Waals surface area contributed by atoms with E-state index in [0.29, 0.717) is 11.3 Å². The standard InChI is InChI=1S/C13H13N3O6S/c1-23(20,21)13-16-15-12(22-13)8-2-4-9(5-3-8)14-10(17)6-7-11(18)19/h2-5H,6-7H2,1H3,(H,14,17)(H,18,19). The summed E-state index contributed by atoms with van der Waals surface area (Å²) in [6, 6.07) is 6.23. The molecule has 10 heteroatoms. The number of benzene rings is 1. The third-order valence-corrected chi connectivity index (χ3v) is 3.50. The van der Waals surface area contributed by atoms with Gasteiger partial charge in [0.15, 0.2) is 0 Å². The van der Waals surface area contributed by atoms with Crippen LogP contribution in [0.2, 0.25) is 0 Å². The number of carboxylic acids is 1. The molecule has 1 aromatic heterocycles. The number of amides is 1. The largest absolute Gasteiger partial charge is 0.481 e. The molecule has 1 aromatic carbocycles. The van der Waals surface area contributed by atoms with E-state index in [9.17, 15) is 18.0 Å². The zero-order valence-corrected chi connectivity index (χ0v) is 12.8. The smallest absolute Gasteiger partial charge is 0.335 e. The molecule has 0 aliphatic heterocycles. The Balaban J connectivity index is 2.06. The lowest BCUT2D eigenvalue weighted by molar-refractivity contribution is -0.138. The van der Waals surface area contributed by atoms with Crippen molar-refractivity contribution >= 4 is 27.4 Å². The number of nitrogens with one attached hydrogen (secondary N) is 1. The summed E-state index contributed by atoms with van der Waals surface area (Å²) in [5.41, 5.74) is 0.947. The van der Waals surface area contributed by atoms with Gasteiger partial charge in [0.05, 0.1) is 6.42 Å². The molecule has 0 bridgehead atoms. The van der Waals surface area contributed by atoms with Gasteiger partial charge in [0, 0.05) is 23.9 Å². The molecule has 2 rings (SSSR count). The molecule has 1 amide bonds. The third-order valence-electron chi connectivity index (χ3n) is 2.71. The molecule has 2 aromatic rings. The lowest BCUT2D eigenvalue weighted by Crippen LogP contribution is -2.13. The van der Waals surface area contributed by atoms with Gasteiger partial charge in [-0.05, 0) is 24.3 Å². The van der Waals surface area contributed by atoms with Gasteiger partial charge in [0.2, 0.25) is 21.6 Å². The minimum Gasteiger partial charge on any atom is -0.481 e. The van der Waals surface area contributed by atoms with E-state index in [0.717, 1.165) is 6.26 Å². The van der Waals surface area contributed by atoms with Crippen LogP contribution in [0.5, 0.6) is 0 Å². The molecule has 1 heterocycles. The second-order valence-corrected chi connectivity index (χ2v) is 6.56. The van der Waals surface area contributed by atoms with Crippen molar-refractivity contribution in [1.82, 2.24) is 10.2 Å². The maximum Gasteiger partial charge on any atom is 0.335 e. The normalized spacial score (nSPS) is 11.2. The molecule has 0 fully saturated rings. The van der Waals surface area contributed by atoms with E-state index in [2.05, 4.69) is 15.5 Å². The highest BCUT2D eigenvalue weighted by Gasteiger charge is 2.17. The fourth-order valence-corrected chi connectivity index (χ4v) is 2.04. The number of aromatic nitrogens is 2. The first-order valence-electron chi connectivity index (χ1n) is 6.41. The molecule has 0 aliphatic carbocycles. The van der Waals surface area contributed by atoms with Crippen molar-refractivity contribution in [1.29, 1.82) is 0 Å². The summed E-state index contributed by atoms with van der Waals surface area (Å²) in [4.78, 5) is 21.9. The zero-order chi connectivity index (χ0) is 17.0. The molecule has 0 radical (unpaired) electrons. The van der Waals surface area contributed by atoms with Crippen molar-refractivity contribution in [2.45, 2.75) is 18.1 Å². The quantitative estimate of drug-likeness (QED) is 0.792. The van der Waals surface area contributed by atoms with E-state index >= 15 is 0 Å². The molecule has 0 unspecified atom stereocenters. The van der Waals surface area contributed by atoms with Crippen LogP contribution in [0.3, 0.4) is 0 Å². The van der Waals surface area contributed by atoms with E-state index < -0.39 is 26.9 Å². The van der Waals surface area contributed by atoms with Gasteiger partial charge in [-0.1, -0.05) is 5.10 Å². The third kappa shape index (κ3) is 4.61. The Morgan fingerprint density at radius 2 is 1.83 bits per heavy atom. The van der Waals surface area contributed by atoms with E-state index in [1.165, 1.54) is 0 Å². The Morgan fingerprint density at radius 3 is 2.35 bits per heavy atom. The predicted octanol–water partition coefficient (Wildman–Crippen LogP) is 0.943. The number of carboxylic acid groups (broad SMARTS) is 1. The number of carbonyl (C=O) groups excluding carboxylic acids is 1. The van der Waals surface area contributed by atoms with Gasteiger partial charge in [-0.2, -0.15) is 0 Å². The number of anilines is 1. The molecule has 0 saturated carbocycles. The number of rotatable bonds is 6. The molecular weight excluding hydrogens is 326 g/mol. The highest BCUT2D eigenvalue weighted by molar-refractivity contribution is 7.90. The first kappa shape index (κ1) is 16.6. The van der Waals surface area contributed by atoms with Crippen molar-refractivity contribution < 1.29 is 27.5 Å².